The normalized spacial score (nSPS) is 10.3. The molecule has 2 rings (SSSR count). The van der Waals surface area contributed by atoms with Crippen LogP contribution in [0.2, 0.25) is 0 Å². The van der Waals surface area contributed by atoms with E-state index in [0.29, 0.717) is 18.1 Å². The molecule has 0 aliphatic rings. The number of aromatic nitrogens is 2. The molecule has 0 saturated carbocycles. The first kappa shape index (κ1) is 11.4. The van der Waals surface area contributed by atoms with Crippen LogP contribution in [0.4, 0.5) is 14.6 Å². The van der Waals surface area contributed by atoms with Gasteiger partial charge in [-0.1, -0.05) is 6.07 Å². The summed E-state index contributed by atoms with van der Waals surface area (Å²) in [7, 11) is 0. The highest BCUT2D eigenvalue weighted by atomic mass is 19.2. The van der Waals surface area contributed by atoms with Crippen molar-refractivity contribution in [2.45, 2.75) is 6.92 Å². The molecule has 0 saturated heterocycles. The first-order chi connectivity index (χ1) is 8.22. The second-order valence-electron chi connectivity index (χ2n) is 3.42. The smallest absolute Gasteiger partial charge is 0.168 e. The number of benzene rings is 1. The Morgan fingerprint density at radius 2 is 2.06 bits per heavy atom. The molecule has 0 aliphatic carbocycles. The monoisotopic (exact) mass is 235 g/mol. The molecule has 5 heteroatoms. The van der Waals surface area contributed by atoms with Crippen molar-refractivity contribution in [3.05, 3.63) is 42.2 Å². The zero-order valence-corrected chi connectivity index (χ0v) is 9.24. The van der Waals surface area contributed by atoms with Crippen LogP contribution < -0.4 is 5.32 Å². The zero-order chi connectivity index (χ0) is 12.3. The standard InChI is InChI=1S/C12H11F2N3/c1-2-16-11-7-15-6-10(17-11)8-4-3-5-9(13)12(8)14/h3-7H,2H2,1H3,(H,16,17). The van der Waals surface area contributed by atoms with Gasteiger partial charge in [0.2, 0.25) is 0 Å². The van der Waals surface area contributed by atoms with Gasteiger partial charge in [0, 0.05) is 12.1 Å². The molecular formula is C12H11F2N3. The average Bonchev–Trinajstić information content (AvgIpc) is 2.33. The summed E-state index contributed by atoms with van der Waals surface area (Å²) in [5.41, 5.74) is 0.415. The number of hydrogen-bond donors (Lipinski definition) is 1. The Hall–Kier alpha value is -2.04. The fourth-order valence-electron chi connectivity index (χ4n) is 1.46. The highest BCUT2D eigenvalue weighted by Gasteiger charge is 2.11. The molecule has 1 N–H and O–H groups in total. The maximum absolute atomic E-state index is 13.5. The van der Waals surface area contributed by atoms with Crippen LogP contribution in [0.5, 0.6) is 0 Å². The van der Waals surface area contributed by atoms with Gasteiger partial charge in [-0.15, -0.1) is 0 Å². The summed E-state index contributed by atoms with van der Waals surface area (Å²) in [6.07, 6.45) is 2.93. The van der Waals surface area contributed by atoms with Crippen LogP contribution in [0, 0.1) is 11.6 Å². The SMILES string of the molecule is CCNc1cncc(-c2cccc(F)c2F)n1. The van der Waals surface area contributed by atoms with Gasteiger partial charge in [0.15, 0.2) is 11.6 Å². The molecule has 2 aromatic rings. The molecule has 1 aromatic heterocycles. The lowest BCUT2D eigenvalue weighted by Crippen LogP contribution is -2.01. The van der Waals surface area contributed by atoms with Gasteiger partial charge in [-0.25, -0.2) is 13.8 Å². The summed E-state index contributed by atoms with van der Waals surface area (Å²) < 4.78 is 26.6. The second kappa shape index (κ2) is 4.86. The van der Waals surface area contributed by atoms with Crippen LogP contribution in [-0.4, -0.2) is 16.5 Å². The Labute approximate surface area is 97.5 Å². The van der Waals surface area contributed by atoms with Crippen molar-refractivity contribution in [1.29, 1.82) is 0 Å². The fourth-order valence-corrected chi connectivity index (χ4v) is 1.46. The quantitative estimate of drug-likeness (QED) is 0.888. The molecule has 0 spiro atoms. The third-order valence-corrected chi connectivity index (χ3v) is 2.22. The predicted molar refractivity (Wildman–Crippen MR) is 61.5 cm³/mol. The second-order valence-corrected chi connectivity index (χ2v) is 3.42. The van der Waals surface area contributed by atoms with Crippen LogP contribution in [0.1, 0.15) is 6.92 Å². The number of nitrogens with one attached hydrogen (secondary N) is 1. The summed E-state index contributed by atoms with van der Waals surface area (Å²) >= 11 is 0. The molecule has 17 heavy (non-hydrogen) atoms. The zero-order valence-electron chi connectivity index (χ0n) is 9.24. The Balaban J connectivity index is 2.45. The van der Waals surface area contributed by atoms with Crippen molar-refractivity contribution in [2.24, 2.45) is 0 Å². The Morgan fingerprint density at radius 3 is 2.82 bits per heavy atom. The topological polar surface area (TPSA) is 37.8 Å². The van der Waals surface area contributed by atoms with Crippen molar-refractivity contribution < 1.29 is 8.78 Å². The molecule has 0 atom stereocenters. The van der Waals surface area contributed by atoms with Gasteiger partial charge in [-0.2, -0.15) is 0 Å². The summed E-state index contributed by atoms with van der Waals surface area (Å²) in [4.78, 5) is 8.09. The molecule has 0 aliphatic heterocycles. The Kier molecular flexibility index (Phi) is 3.27. The van der Waals surface area contributed by atoms with Crippen molar-refractivity contribution in [1.82, 2.24) is 9.97 Å². The Morgan fingerprint density at radius 1 is 1.24 bits per heavy atom. The molecule has 0 bridgehead atoms. The maximum atomic E-state index is 13.5. The van der Waals surface area contributed by atoms with Crippen molar-refractivity contribution in [3.8, 4) is 11.3 Å². The van der Waals surface area contributed by atoms with E-state index in [1.54, 1.807) is 0 Å². The highest BCUT2D eigenvalue weighted by Crippen LogP contribution is 2.22. The van der Waals surface area contributed by atoms with E-state index in [9.17, 15) is 8.78 Å². The molecule has 3 nitrogen and oxygen atoms in total. The van der Waals surface area contributed by atoms with E-state index < -0.39 is 11.6 Å². The van der Waals surface area contributed by atoms with Crippen molar-refractivity contribution >= 4 is 5.82 Å². The molecule has 0 amide bonds. The van der Waals surface area contributed by atoms with Gasteiger partial charge in [0.25, 0.3) is 0 Å². The maximum Gasteiger partial charge on any atom is 0.168 e. The average molecular weight is 235 g/mol. The minimum atomic E-state index is -0.907. The third kappa shape index (κ3) is 2.38. The summed E-state index contributed by atoms with van der Waals surface area (Å²) in [5, 5.41) is 2.96. The van der Waals surface area contributed by atoms with Gasteiger partial charge in [-0.3, -0.25) is 4.98 Å². The number of rotatable bonds is 3. The molecular weight excluding hydrogens is 224 g/mol. The van der Waals surface area contributed by atoms with E-state index in [1.165, 1.54) is 24.5 Å². The lowest BCUT2D eigenvalue weighted by Gasteiger charge is -2.06. The van der Waals surface area contributed by atoms with Crippen LogP contribution in [-0.2, 0) is 0 Å². The van der Waals surface area contributed by atoms with Gasteiger partial charge in [-0.05, 0) is 19.1 Å². The molecule has 0 fully saturated rings. The van der Waals surface area contributed by atoms with Crippen LogP contribution >= 0.6 is 0 Å². The van der Waals surface area contributed by atoms with E-state index in [4.69, 9.17) is 0 Å². The van der Waals surface area contributed by atoms with E-state index in [1.807, 2.05) is 6.92 Å². The van der Waals surface area contributed by atoms with Gasteiger partial charge in [0.05, 0.1) is 18.1 Å². The van der Waals surface area contributed by atoms with E-state index in [0.717, 1.165) is 6.07 Å². The van der Waals surface area contributed by atoms with E-state index in [2.05, 4.69) is 15.3 Å². The van der Waals surface area contributed by atoms with Gasteiger partial charge < -0.3 is 5.32 Å². The third-order valence-electron chi connectivity index (χ3n) is 2.22. The van der Waals surface area contributed by atoms with Crippen LogP contribution in [0.3, 0.4) is 0 Å². The number of halogens is 2. The molecule has 88 valence electrons. The van der Waals surface area contributed by atoms with E-state index in [-0.39, 0.29) is 5.56 Å². The Bertz CT molecular complexity index is 529. The minimum absolute atomic E-state index is 0.109. The summed E-state index contributed by atoms with van der Waals surface area (Å²) in [5.74, 6) is -1.26. The molecule has 0 radical (unpaired) electrons. The molecule has 1 heterocycles. The molecule has 0 unspecified atom stereocenters. The fraction of sp³-hybridized carbons (Fsp3) is 0.167. The van der Waals surface area contributed by atoms with Crippen LogP contribution in [0.25, 0.3) is 11.3 Å². The van der Waals surface area contributed by atoms with Crippen molar-refractivity contribution in [2.75, 3.05) is 11.9 Å². The van der Waals surface area contributed by atoms with Gasteiger partial charge in [0.1, 0.15) is 5.82 Å². The largest absolute Gasteiger partial charge is 0.369 e. The van der Waals surface area contributed by atoms with Crippen molar-refractivity contribution in [3.63, 3.8) is 0 Å². The van der Waals surface area contributed by atoms with Gasteiger partial charge >= 0.3 is 0 Å². The minimum Gasteiger partial charge on any atom is -0.369 e. The number of anilines is 1. The summed E-state index contributed by atoms with van der Waals surface area (Å²) in [6, 6.07) is 3.98. The lowest BCUT2D eigenvalue weighted by molar-refractivity contribution is 0.511. The first-order valence-corrected chi connectivity index (χ1v) is 5.22. The predicted octanol–water partition coefficient (Wildman–Crippen LogP) is 2.85. The molecule has 1 aromatic carbocycles. The summed E-state index contributed by atoms with van der Waals surface area (Å²) in [6.45, 7) is 2.60. The van der Waals surface area contributed by atoms with Crippen LogP contribution in [0.15, 0.2) is 30.6 Å². The number of nitrogens with zero attached hydrogens (tertiary/aromatic N) is 2. The lowest BCUT2D eigenvalue weighted by atomic mass is 10.1. The van der Waals surface area contributed by atoms with E-state index >= 15 is 0 Å². The first-order valence-electron chi connectivity index (χ1n) is 5.22. The highest BCUT2D eigenvalue weighted by molar-refractivity contribution is 5.60. The number of hydrogen-bond acceptors (Lipinski definition) is 3.